The third-order valence-electron chi connectivity index (χ3n) is 2.90. The van der Waals surface area contributed by atoms with Gasteiger partial charge in [0.05, 0.1) is 7.11 Å². The maximum atomic E-state index is 11.6. The second-order valence-corrected chi connectivity index (χ2v) is 4.21. The Kier molecular flexibility index (Phi) is 6.43. The van der Waals surface area contributed by atoms with Gasteiger partial charge < -0.3 is 14.6 Å². The van der Waals surface area contributed by atoms with Crippen LogP contribution >= 0.6 is 0 Å². The molecule has 1 rings (SSSR count). The number of carbonyl (C=O) groups excluding carboxylic acids is 1. The lowest BCUT2D eigenvalue weighted by molar-refractivity contribution is -0.143. The molecule has 1 N–H and O–H groups in total. The first-order valence-corrected chi connectivity index (χ1v) is 6.54. The number of imidazole rings is 1. The Balaban J connectivity index is 2.53. The molecule has 0 aliphatic carbocycles. The fourth-order valence-corrected chi connectivity index (χ4v) is 1.89. The SMILES string of the molecule is CCCNC(CCn1ccnc1CC)C(=O)OC. The second kappa shape index (κ2) is 7.87. The second-order valence-electron chi connectivity index (χ2n) is 4.21. The number of methoxy groups -OCH3 is 1. The average Bonchev–Trinajstić information content (AvgIpc) is 2.85. The molecule has 0 spiro atoms. The lowest BCUT2D eigenvalue weighted by Gasteiger charge is -2.16. The van der Waals surface area contributed by atoms with Crippen molar-refractivity contribution in [3.63, 3.8) is 0 Å². The van der Waals surface area contributed by atoms with Crippen molar-refractivity contribution in [2.24, 2.45) is 0 Å². The molecule has 1 heterocycles. The molecule has 0 saturated heterocycles. The molecule has 5 nitrogen and oxygen atoms in total. The first kappa shape index (κ1) is 14.7. The minimum absolute atomic E-state index is 0.193. The molecule has 0 aliphatic heterocycles. The van der Waals surface area contributed by atoms with E-state index >= 15 is 0 Å². The molecule has 0 radical (unpaired) electrons. The van der Waals surface area contributed by atoms with E-state index in [2.05, 4.69) is 28.7 Å². The van der Waals surface area contributed by atoms with Gasteiger partial charge in [-0.3, -0.25) is 4.79 Å². The van der Waals surface area contributed by atoms with E-state index in [1.165, 1.54) is 7.11 Å². The molecule has 18 heavy (non-hydrogen) atoms. The van der Waals surface area contributed by atoms with Crippen LogP contribution in [0.4, 0.5) is 0 Å². The molecule has 0 aromatic carbocycles. The van der Waals surface area contributed by atoms with Crippen LogP contribution in [0, 0.1) is 0 Å². The number of aryl methyl sites for hydroxylation is 2. The van der Waals surface area contributed by atoms with Gasteiger partial charge in [-0.1, -0.05) is 13.8 Å². The average molecular weight is 253 g/mol. The fourth-order valence-electron chi connectivity index (χ4n) is 1.89. The van der Waals surface area contributed by atoms with E-state index in [0.717, 1.165) is 38.2 Å². The fraction of sp³-hybridized carbons (Fsp3) is 0.692. The molecule has 0 saturated carbocycles. The summed E-state index contributed by atoms with van der Waals surface area (Å²) in [5.74, 6) is 0.857. The van der Waals surface area contributed by atoms with Gasteiger partial charge >= 0.3 is 5.97 Å². The number of rotatable bonds is 8. The number of nitrogens with zero attached hydrogens (tertiary/aromatic N) is 2. The summed E-state index contributed by atoms with van der Waals surface area (Å²) < 4.78 is 6.90. The first-order valence-electron chi connectivity index (χ1n) is 6.54. The smallest absolute Gasteiger partial charge is 0.322 e. The third-order valence-corrected chi connectivity index (χ3v) is 2.90. The van der Waals surface area contributed by atoms with E-state index < -0.39 is 0 Å². The highest BCUT2D eigenvalue weighted by Crippen LogP contribution is 2.04. The van der Waals surface area contributed by atoms with E-state index in [-0.39, 0.29) is 12.0 Å². The van der Waals surface area contributed by atoms with Crippen molar-refractivity contribution in [1.29, 1.82) is 0 Å². The van der Waals surface area contributed by atoms with Gasteiger partial charge in [0.25, 0.3) is 0 Å². The molecule has 0 fully saturated rings. The summed E-state index contributed by atoms with van der Waals surface area (Å²) in [5.41, 5.74) is 0. The zero-order valence-corrected chi connectivity index (χ0v) is 11.5. The van der Waals surface area contributed by atoms with E-state index in [1.54, 1.807) is 6.20 Å². The standard InChI is InChI=1S/C13H23N3O2/c1-4-7-14-11(13(17)18-3)6-9-16-10-8-15-12(16)5-2/h8,10-11,14H,4-7,9H2,1-3H3. The Bertz CT molecular complexity index is 363. The van der Waals surface area contributed by atoms with Gasteiger partial charge in [0.2, 0.25) is 0 Å². The van der Waals surface area contributed by atoms with Crippen molar-refractivity contribution in [2.75, 3.05) is 13.7 Å². The van der Waals surface area contributed by atoms with Gasteiger partial charge in [0.15, 0.2) is 0 Å². The summed E-state index contributed by atoms with van der Waals surface area (Å²) in [5, 5.41) is 3.21. The zero-order valence-electron chi connectivity index (χ0n) is 11.5. The van der Waals surface area contributed by atoms with Gasteiger partial charge in [0.1, 0.15) is 11.9 Å². The molecule has 102 valence electrons. The maximum Gasteiger partial charge on any atom is 0.322 e. The van der Waals surface area contributed by atoms with E-state index in [9.17, 15) is 4.79 Å². The Morgan fingerprint density at radius 3 is 2.94 bits per heavy atom. The number of carbonyl (C=O) groups is 1. The molecular weight excluding hydrogens is 230 g/mol. The topological polar surface area (TPSA) is 56.2 Å². The van der Waals surface area contributed by atoms with Crippen LogP contribution in [-0.4, -0.2) is 35.2 Å². The molecule has 1 unspecified atom stereocenters. The van der Waals surface area contributed by atoms with Crippen LogP contribution in [0.1, 0.15) is 32.5 Å². The Morgan fingerprint density at radius 2 is 2.33 bits per heavy atom. The van der Waals surface area contributed by atoms with Gasteiger partial charge in [-0.25, -0.2) is 4.98 Å². The third kappa shape index (κ3) is 4.14. The van der Waals surface area contributed by atoms with E-state index in [1.807, 2.05) is 6.20 Å². The summed E-state index contributed by atoms with van der Waals surface area (Å²) in [7, 11) is 1.43. The van der Waals surface area contributed by atoms with Gasteiger partial charge in [-0.15, -0.1) is 0 Å². The summed E-state index contributed by atoms with van der Waals surface area (Å²) in [6.07, 6.45) is 6.37. The van der Waals surface area contributed by atoms with Gasteiger partial charge in [-0.05, 0) is 19.4 Å². The number of hydrogen-bond donors (Lipinski definition) is 1. The molecule has 0 amide bonds. The predicted octanol–water partition coefficient (Wildman–Crippen LogP) is 1.38. The molecule has 1 aromatic heterocycles. The minimum atomic E-state index is -0.234. The van der Waals surface area contributed by atoms with E-state index in [4.69, 9.17) is 4.74 Å². The molecule has 5 heteroatoms. The molecule has 0 aliphatic rings. The van der Waals surface area contributed by atoms with Crippen LogP contribution in [0.3, 0.4) is 0 Å². The number of hydrogen-bond acceptors (Lipinski definition) is 4. The molecule has 1 atom stereocenters. The van der Waals surface area contributed by atoms with Crippen LogP contribution < -0.4 is 5.32 Å². The van der Waals surface area contributed by atoms with Crippen molar-refractivity contribution in [3.05, 3.63) is 18.2 Å². The van der Waals surface area contributed by atoms with Crippen molar-refractivity contribution >= 4 is 5.97 Å². The van der Waals surface area contributed by atoms with Gasteiger partial charge in [0, 0.05) is 25.4 Å². The van der Waals surface area contributed by atoms with Crippen molar-refractivity contribution in [1.82, 2.24) is 14.9 Å². The van der Waals surface area contributed by atoms with Crippen LogP contribution in [-0.2, 0) is 22.5 Å². The normalized spacial score (nSPS) is 12.4. The summed E-state index contributed by atoms with van der Waals surface area (Å²) >= 11 is 0. The first-order chi connectivity index (χ1) is 8.72. The molecular formula is C13H23N3O2. The van der Waals surface area contributed by atoms with E-state index in [0.29, 0.717) is 0 Å². The largest absolute Gasteiger partial charge is 0.468 e. The van der Waals surface area contributed by atoms with Crippen LogP contribution in [0.15, 0.2) is 12.4 Å². The van der Waals surface area contributed by atoms with Crippen molar-refractivity contribution in [3.8, 4) is 0 Å². The highest BCUT2D eigenvalue weighted by Gasteiger charge is 2.18. The number of nitrogens with one attached hydrogen (secondary N) is 1. The van der Waals surface area contributed by atoms with Crippen molar-refractivity contribution in [2.45, 2.75) is 45.7 Å². The molecule has 0 bridgehead atoms. The monoisotopic (exact) mass is 253 g/mol. The molecule has 1 aromatic rings. The highest BCUT2D eigenvalue weighted by atomic mass is 16.5. The summed E-state index contributed by atoms with van der Waals surface area (Å²) in [6, 6.07) is -0.234. The minimum Gasteiger partial charge on any atom is -0.468 e. The summed E-state index contributed by atoms with van der Waals surface area (Å²) in [6.45, 7) is 5.75. The summed E-state index contributed by atoms with van der Waals surface area (Å²) in [4.78, 5) is 15.9. The predicted molar refractivity (Wildman–Crippen MR) is 70.3 cm³/mol. The Hall–Kier alpha value is -1.36. The van der Waals surface area contributed by atoms with Crippen molar-refractivity contribution < 1.29 is 9.53 Å². The number of esters is 1. The van der Waals surface area contributed by atoms with Crippen LogP contribution in [0.2, 0.25) is 0 Å². The van der Waals surface area contributed by atoms with Crippen LogP contribution in [0.5, 0.6) is 0 Å². The van der Waals surface area contributed by atoms with Crippen LogP contribution in [0.25, 0.3) is 0 Å². The highest BCUT2D eigenvalue weighted by molar-refractivity contribution is 5.75. The number of aromatic nitrogens is 2. The lowest BCUT2D eigenvalue weighted by Crippen LogP contribution is -2.38. The number of ether oxygens (including phenoxy) is 1. The van der Waals surface area contributed by atoms with Gasteiger partial charge in [-0.2, -0.15) is 0 Å². The lowest BCUT2D eigenvalue weighted by atomic mass is 10.2. The maximum absolute atomic E-state index is 11.6. The Labute approximate surface area is 109 Å². The quantitative estimate of drug-likeness (QED) is 0.711. The Morgan fingerprint density at radius 1 is 1.56 bits per heavy atom. The zero-order chi connectivity index (χ0) is 13.4.